The second kappa shape index (κ2) is 4.28. The highest BCUT2D eigenvalue weighted by atomic mass is 32.2. The van der Waals surface area contributed by atoms with Gasteiger partial charge in [-0.3, -0.25) is 9.59 Å². The van der Waals surface area contributed by atoms with Gasteiger partial charge in [-0.05, 0) is 25.5 Å². The molecule has 90 valence electrons. The van der Waals surface area contributed by atoms with Gasteiger partial charge in [-0.15, -0.1) is 0 Å². The van der Waals surface area contributed by atoms with Crippen molar-refractivity contribution in [1.82, 2.24) is 5.32 Å². The van der Waals surface area contributed by atoms with Crippen LogP contribution in [0.25, 0.3) is 0 Å². The lowest BCUT2D eigenvalue weighted by atomic mass is 9.84. The molecule has 16 heavy (non-hydrogen) atoms. The zero-order valence-electron chi connectivity index (χ0n) is 9.36. The highest BCUT2D eigenvalue weighted by molar-refractivity contribution is 8.00. The molecule has 2 unspecified atom stereocenters. The number of hydrogen-bond donors (Lipinski definition) is 2. The molecule has 0 saturated heterocycles. The first kappa shape index (κ1) is 11.8. The number of nitrogens with one attached hydrogen (secondary N) is 1. The van der Waals surface area contributed by atoms with Gasteiger partial charge < -0.3 is 10.4 Å². The Morgan fingerprint density at radius 1 is 1.44 bits per heavy atom. The molecule has 2 aliphatic carbocycles. The van der Waals surface area contributed by atoms with Gasteiger partial charge in [-0.2, -0.15) is 11.8 Å². The van der Waals surface area contributed by atoms with E-state index in [2.05, 4.69) is 11.6 Å². The summed E-state index contributed by atoms with van der Waals surface area (Å²) < 4.78 is 0.225. The number of thioether (sulfide) groups is 1. The smallest absolute Gasteiger partial charge is 0.307 e. The number of amides is 1. The number of carboxylic acid groups (broad SMARTS) is 1. The van der Waals surface area contributed by atoms with Crippen molar-refractivity contribution in [3.8, 4) is 0 Å². The third-order valence-corrected chi connectivity index (χ3v) is 5.15. The Morgan fingerprint density at radius 3 is 2.50 bits per heavy atom. The normalized spacial score (nSPS) is 30.3. The monoisotopic (exact) mass is 243 g/mol. The molecule has 2 N–H and O–H groups in total. The zero-order valence-corrected chi connectivity index (χ0v) is 10.2. The lowest BCUT2D eigenvalue weighted by molar-refractivity contribution is -0.140. The van der Waals surface area contributed by atoms with Gasteiger partial charge in [0.1, 0.15) is 0 Å². The van der Waals surface area contributed by atoms with E-state index in [1.807, 2.05) is 11.8 Å². The van der Waals surface area contributed by atoms with Crippen LogP contribution in [0.3, 0.4) is 0 Å². The van der Waals surface area contributed by atoms with E-state index < -0.39 is 11.9 Å². The van der Waals surface area contributed by atoms with Crippen LogP contribution in [0.5, 0.6) is 0 Å². The van der Waals surface area contributed by atoms with Gasteiger partial charge in [0.25, 0.3) is 0 Å². The van der Waals surface area contributed by atoms with Gasteiger partial charge in [0.05, 0.1) is 11.8 Å². The molecule has 0 radical (unpaired) electrons. The van der Waals surface area contributed by atoms with Gasteiger partial charge in [-0.1, -0.05) is 6.42 Å². The number of carboxylic acids is 1. The fraction of sp³-hybridized carbons (Fsp3) is 0.818. The van der Waals surface area contributed by atoms with Crippen molar-refractivity contribution < 1.29 is 14.7 Å². The minimum absolute atomic E-state index is 0.0762. The number of carbonyl (C=O) groups is 2. The van der Waals surface area contributed by atoms with Gasteiger partial charge in [-0.25, -0.2) is 0 Å². The SMILES string of the molecule is CSC1(CNC(=O)C2CC2C(=O)O)CCC1. The summed E-state index contributed by atoms with van der Waals surface area (Å²) in [6.07, 6.45) is 6.12. The topological polar surface area (TPSA) is 66.4 Å². The predicted octanol–water partition coefficient (Wildman–Crippen LogP) is 1.11. The molecule has 2 atom stereocenters. The highest BCUT2D eigenvalue weighted by Crippen LogP contribution is 2.43. The Hall–Kier alpha value is -0.710. The molecule has 0 aromatic heterocycles. The molecule has 0 aromatic carbocycles. The van der Waals surface area contributed by atoms with Crippen LogP contribution in [0.4, 0.5) is 0 Å². The molecule has 1 amide bonds. The van der Waals surface area contributed by atoms with Gasteiger partial charge in [0, 0.05) is 11.3 Å². The number of rotatable bonds is 5. The van der Waals surface area contributed by atoms with E-state index in [-0.39, 0.29) is 16.6 Å². The highest BCUT2D eigenvalue weighted by Gasteiger charge is 2.48. The average Bonchev–Trinajstić information content (AvgIpc) is 2.95. The van der Waals surface area contributed by atoms with Crippen LogP contribution in [0.1, 0.15) is 25.7 Å². The molecule has 0 aliphatic heterocycles. The van der Waals surface area contributed by atoms with Gasteiger partial charge >= 0.3 is 5.97 Å². The van der Waals surface area contributed by atoms with Crippen molar-refractivity contribution in [1.29, 1.82) is 0 Å². The molecule has 0 heterocycles. The first-order valence-electron chi connectivity index (χ1n) is 5.64. The minimum Gasteiger partial charge on any atom is -0.481 e. The largest absolute Gasteiger partial charge is 0.481 e. The van der Waals surface area contributed by atoms with E-state index in [1.54, 1.807) is 0 Å². The van der Waals surface area contributed by atoms with Gasteiger partial charge in [0.15, 0.2) is 0 Å². The summed E-state index contributed by atoms with van der Waals surface area (Å²) in [4.78, 5) is 22.3. The second-order valence-electron chi connectivity index (χ2n) is 4.75. The molecule has 2 aliphatic rings. The summed E-state index contributed by atoms with van der Waals surface area (Å²) in [5, 5.41) is 11.6. The summed E-state index contributed by atoms with van der Waals surface area (Å²) in [5.41, 5.74) is 0. The van der Waals surface area contributed by atoms with Crippen molar-refractivity contribution in [2.45, 2.75) is 30.4 Å². The summed E-state index contributed by atoms with van der Waals surface area (Å²) in [7, 11) is 0. The second-order valence-corrected chi connectivity index (χ2v) is 6.02. The molecule has 0 bridgehead atoms. The van der Waals surface area contributed by atoms with E-state index >= 15 is 0 Å². The maximum atomic E-state index is 11.6. The summed E-state index contributed by atoms with van der Waals surface area (Å²) >= 11 is 1.81. The Bertz CT molecular complexity index is 309. The Morgan fingerprint density at radius 2 is 2.12 bits per heavy atom. The number of aliphatic carboxylic acids is 1. The molecular formula is C11H17NO3S. The molecule has 0 aromatic rings. The average molecular weight is 243 g/mol. The van der Waals surface area contributed by atoms with Crippen LogP contribution in [0.2, 0.25) is 0 Å². The molecule has 2 saturated carbocycles. The van der Waals surface area contributed by atoms with Crippen molar-refractivity contribution in [2.24, 2.45) is 11.8 Å². The van der Waals surface area contributed by atoms with Crippen LogP contribution in [-0.4, -0.2) is 34.5 Å². The minimum atomic E-state index is -0.844. The Balaban J connectivity index is 1.75. The summed E-state index contributed by atoms with van der Waals surface area (Å²) in [6.45, 7) is 0.690. The summed E-state index contributed by atoms with van der Waals surface area (Å²) in [6, 6.07) is 0. The summed E-state index contributed by atoms with van der Waals surface area (Å²) in [5.74, 6) is -1.64. The quantitative estimate of drug-likeness (QED) is 0.759. The number of carbonyl (C=O) groups excluding carboxylic acids is 1. The fourth-order valence-corrected chi connectivity index (χ4v) is 3.07. The van der Waals surface area contributed by atoms with Crippen molar-refractivity contribution in [3.05, 3.63) is 0 Å². The molecule has 4 nitrogen and oxygen atoms in total. The Kier molecular flexibility index (Phi) is 3.15. The maximum Gasteiger partial charge on any atom is 0.307 e. The van der Waals surface area contributed by atoms with E-state index in [0.717, 1.165) is 12.8 Å². The molecule has 2 rings (SSSR count). The fourth-order valence-electron chi connectivity index (χ4n) is 2.16. The molecule has 2 fully saturated rings. The lowest BCUT2D eigenvalue weighted by Crippen LogP contribution is -2.45. The van der Waals surface area contributed by atoms with Crippen LogP contribution in [-0.2, 0) is 9.59 Å². The first-order valence-corrected chi connectivity index (χ1v) is 6.86. The van der Waals surface area contributed by atoms with E-state index in [9.17, 15) is 9.59 Å². The van der Waals surface area contributed by atoms with E-state index in [1.165, 1.54) is 6.42 Å². The van der Waals surface area contributed by atoms with Gasteiger partial charge in [0.2, 0.25) is 5.91 Å². The van der Waals surface area contributed by atoms with E-state index in [0.29, 0.717) is 13.0 Å². The first-order chi connectivity index (χ1) is 7.58. The lowest BCUT2D eigenvalue weighted by Gasteiger charge is -2.40. The van der Waals surface area contributed by atoms with Crippen LogP contribution >= 0.6 is 11.8 Å². The maximum absolute atomic E-state index is 11.6. The van der Waals surface area contributed by atoms with Crippen LogP contribution in [0, 0.1) is 11.8 Å². The molecular weight excluding hydrogens is 226 g/mol. The van der Waals surface area contributed by atoms with Crippen molar-refractivity contribution >= 4 is 23.6 Å². The Labute approximate surface area is 99.2 Å². The molecule has 5 heteroatoms. The van der Waals surface area contributed by atoms with Crippen LogP contribution in [0.15, 0.2) is 0 Å². The standard InChI is InChI=1S/C11H17NO3S/c1-16-11(3-2-4-11)6-12-9(13)7-5-8(7)10(14)15/h7-8H,2-6H2,1H3,(H,12,13)(H,14,15). The van der Waals surface area contributed by atoms with Crippen molar-refractivity contribution in [3.63, 3.8) is 0 Å². The van der Waals surface area contributed by atoms with Crippen LogP contribution < -0.4 is 5.32 Å². The van der Waals surface area contributed by atoms with Crippen molar-refractivity contribution in [2.75, 3.05) is 12.8 Å². The number of hydrogen-bond acceptors (Lipinski definition) is 3. The third kappa shape index (κ3) is 2.19. The predicted molar refractivity (Wildman–Crippen MR) is 62.3 cm³/mol. The third-order valence-electron chi connectivity index (χ3n) is 3.73. The zero-order chi connectivity index (χ0) is 11.8. The van der Waals surface area contributed by atoms with E-state index in [4.69, 9.17) is 5.11 Å². The molecule has 0 spiro atoms.